The van der Waals surface area contributed by atoms with Crippen molar-refractivity contribution < 1.29 is 9.90 Å². The van der Waals surface area contributed by atoms with Gasteiger partial charge in [-0.15, -0.1) is 0 Å². The number of H-pyrrole nitrogens is 1. The van der Waals surface area contributed by atoms with E-state index < -0.39 is 5.97 Å². The lowest BCUT2D eigenvalue weighted by atomic mass is 10.0. The molecule has 84 valence electrons. The van der Waals surface area contributed by atoms with Crippen LogP contribution < -0.4 is 0 Å². The molecule has 0 spiro atoms. The van der Waals surface area contributed by atoms with Gasteiger partial charge in [0.2, 0.25) is 0 Å². The van der Waals surface area contributed by atoms with Crippen LogP contribution in [0.5, 0.6) is 0 Å². The minimum Gasteiger partial charge on any atom is -0.481 e. The summed E-state index contributed by atoms with van der Waals surface area (Å²) in [4.78, 5) is 13.8. The number of carboxylic acids is 1. The van der Waals surface area contributed by atoms with Gasteiger partial charge in [-0.1, -0.05) is 25.1 Å². The summed E-state index contributed by atoms with van der Waals surface area (Å²) in [5.41, 5.74) is 3.51. The fourth-order valence-corrected chi connectivity index (χ4v) is 2.02. The van der Waals surface area contributed by atoms with E-state index in [4.69, 9.17) is 5.11 Å². The monoisotopic (exact) mass is 217 g/mol. The lowest BCUT2D eigenvalue weighted by Crippen LogP contribution is -1.96. The molecule has 0 amide bonds. The maximum absolute atomic E-state index is 10.5. The van der Waals surface area contributed by atoms with Gasteiger partial charge in [0, 0.05) is 23.5 Å². The first-order chi connectivity index (χ1) is 7.72. The van der Waals surface area contributed by atoms with Gasteiger partial charge in [-0.3, -0.25) is 4.79 Å². The fraction of sp³-hybridized carbons (Fsp3) is 0.308. The van der Waals surface area contributed by atoms with Crippen molar-refractivity contribution in [2.75, 3.05) is 0 Å². The molecule has 16 heavy (non-hydrogen) atoms. The Kier molecular flexibility index (Phi) is 2.95. The lowest BCUT2D eigenvalue weighted by Gasteiger charge is -2.00. The van der Waals surface area contributed by atoms with Crippen molar-refractivity contribution in [2.24, 2.45) is 0 Å². The third-order valence-electron chi connectivity index (χ3n) is 2.88. The molecule has 3 nitrogen and oxygen atoms in total. The molecule has 0 saturated heterocycles. The molecule has 0 bridgehead atoms. The van der Waals surface area contributed by atoms with Crippen LogP contribution in [0.1, 0.15) is 24.5 Å². The Morgan fingerprint density at radius 3 is 2.88 bits per heavy atom. The molecule has 2 N–H and O–H groups in total. The number of aliphatic carboxylic acids is 1. The Morgan fingerprint density at radius 1 is 1.38 bits per heavy atom. The molecule has 0 atom stereocenters. The molecule has 0 aliphatic heterocycles. The predicted octanol–water partition coefficient (Wildman–Crippen LogP) is 2.75. The normalized spacial score (nSPS) is 10.8. The zero-order valence-electron chi connectivity index (χ0n) is 9.29. The molecule has 0 unspecified atom stereocenters. The Morgan fingerprint density at radius 2 is 2.19 bits per heavy atom. The third kappa shape index (κ3) is 1.94. The molecule has 0 aliphatic rings. The van der Waals surface area contributed by atoms with E-state index >= 15 is 0 Å². The topological polar surface area (TPSA) is 53.1 Å². The number of aromatic nitrogens is 1. The van der Waals surface area contributed by atoms with Gasteiger partial charge in [-0.05, 0) is 24.0 Å². The zero-order valence-corrected chi connectivity index (χ0v) is 9.29. The molecule has 1 heterocycles. The molecule has 1 aromatic carbocycles. The number of para-hydroxylation sites is 1. The standard InChI is InChI=1S/C13H15NO2/c1-2-9-4-3-5-11-10(6-7-12(15)16)8-14-13(9)11/h3-5,8,14H,2,6-7H2,1H3,(H,15,16). The predicted molar refractivity (Wildman–Crippen MR) is 63.6 cm³/mol. The number of carboxylic acid groups (broad SMARTS) is 1. The molecule has 0 aliphatic carbocycles. The van der Waals surface area contributed by atoms with E-state index in [1.54, 1.807) is 0 Å². The van der Waals surface area contributed by atoms with E-state index in [2.05, 4.69) is 18.0 Å². The highest BCUT2D eigenvalue weighted by Crippen LogP contribution is 2.23. The average molecular weight is 217 g/mol. The van der Waals surface area contributed by atoms with Crippen LogP contribution in [-0.4, -0.2) is 16.1 Å². The van der Waals surface area contributed by atoms with Crippen molar-refractivity contribution in [3.05, 3.63) is 35.5 Å². The van der Waals surface area contributed by atoms with Crippen molar-refractivity contribution >= 4 is 16.9 Å². The minimum absolute atomic E-state index is 0.184. The minimum atomic E-state index is -0.749. The largest absolute Gasteiger partial charge is 0.481 e. The van der Waals surface area contributed by atoms with Crippen LogP contribution in [-0.2, 0) is 17.6 Å². The van der Waals surface area contributed by atoms with Gasteiger partial charge >= 0.3 is 5.97 Å². The van der Waals surface area contributed by atoms with Crippen LogP contribution in [0.2, 0.25) is 0 Å². The first kappa shape index (κ1) is 10.7. The van der Waals surface area contributed by atoms with Crippen LogP contribution in [0.15, 0.2) is 24.4 Å². The van der Waals surface area contributed by atoms with Crippen molar-refractivity contribution in [1.29, 1.82) is 0 Å². The van der Waals surface area contributed by atoms with Gasteiger partial charge in [0.25, 0.3) is 0 Å². The van der Waals surface area contributed by atoms with E-state index in [-0.39, 0.29) is 6.42 Å². The molecule has 0 saturated carbocycles. The summed E-state index contributed by atoms with van der Waals surface area (Å²) in [5, 5.41) is 9.83. The van der Waals surface area contributed by atoms with Crippen LogP contribution in [0.4, 0.5) is 0 Å². The van der Waals surface area contributed by atoms with Crippen LogP contribution >= 0.6 is 0 Å². The summed E-state index contributed by atoms with van der Waals surface area (Å²) < 4.78 is 0. The van der Waals surface area contributed by atoms with Crippen molar-refractivity contribution in [3.8, 4) is 0 Å². The number of fused-ring (bicyclic) bond motifs is 1. The molecule has 0 fully saturated rings. The van der Waals surface area contributed by atoms with E-state index in [9.17, 15) is 4.79 Å². The molecule has 2 aromatic rings. The molecule has 1 aromatic heterocycles. The first-order valence-corrected chi connectivity index (χ1v) is 5.52. The first-order valence-electron chi connectivity index (χ1n) is 5.52. The number of aryl methyl sites for hydroxylation is 2. The number of hydrogen-bond acceptors (Lipinski definition) is 1. The second-order valence-corrected chi connectivity index (χ2v) is 3.90. The third-order valence-corrected chi connectivity index (χ3v) is 2.88. The maximum Gasteiger partial charge on any atom is 0.303 e. The number of carbonyl (C=O) groups is 1. The summed E-state index contributed by atoms with van der Waals surface area (Å²) in [6.45, 7) is 2.12. The second kappa shape index (κ2) is 4.39. The SMILES string of the molecule is CCc1cccc2c(CCC(=O)O)c[nH]c12. The fourth-order valence-electron chi connectivity index (χ4n) is 2.02. The van der Waals surface area contributed by atoms with Gasteiger partial charge < -0.3 is 10.1 Å². The quantitative estimate of drug-likeness (QED) is 0.827. The van der Waals surface area contributed by atoms with E-state index in [1.165, 1.54) is 5.56 Å². The lowest BCUT2D eigenvalue weighted by molar-refractivity contribution is -0.136. The van der Waals surface area contributed by atoms with Gasteiger partial charge in [0.15, 0.2) is 0 Å². The van der Waals surface area contributed by atoms with Crippen molar-refractivity contribution in [2.45, 2.75) is 26.2 Å². The van der Waals surface area contributed by atoms with Crippen LogP contribution in [0.25, 0.3) is 10.9 Å². The van der Waals surface area contributed by atoms with E-state index in [1.807, 2.05) is 18.3 Å². The van der Waals surface area contributed by atoms with E-state index in [0.717, 1.165) is 22.9 Å². The smallest absolute Gasteiger partial charge is 0.303 e. The highest BCUT2D eigenvalue weighted by atomic mass is 16.4. The van der Waals surface area contributed by atoms with Crippen LogP contribution in [0, 0.1) is 0 Å². The molecule has 0 radical (unpaired) electrons. The summed E-state index contributed by atoms with van der Waals surface area (Å²) in [6, 6.07) is 6.17. The van der Waals surface area contributed by atoms with Crippen molar-refractivity contribution in [1.82, 2.24) is 4.98 Å². The number of hydrogen-bond donors (Lipinski definition) is 2. The highest BCUT2D eigenvalue weighted by molar-refractivity contribution is 5.86. The number of aromatic amines is 1. The Balaban J connectivity index is 2.37. The number of nitrogens with one attached hydrogen (secondary N) is 1. The second-order valence-electron chi connectivity index (χ2n) is 3.90. The Labute approximate surface area is 94.1 Å². The zero-order chi connectivity index (χ0) is 11.5. The molecular weight excluding hydrogens is 202 g/mol. The molecule has 3 heteroatoms. The van der Waals surface area contributed by atoms with Crippen LogP contribution in [0.3, 0.4) is 0 Å². The van der Waals surface area contributed by atoms with Gasteiger partial charge in [0.05, 0.1) is 0 Å². The Hall–Kier alpha value is -1.77. The molecule has 2 rings (SSSR count). The van der Waals surface area contributed by atoms with E-state index in [0.29, 0.717) is 6.42 Å². The van der Waals surface area contributed by atoms with Gasteiger partial charge in [0.1, 0.15) is 0 Å². The summed E-state index contributed by atoms with van der Waals surface area (Å²) in [7, 11) is 0. The van der Waals surface area contributed by atoms with Gasteiger partial charge in [-0.2, -0.15) is 0 Å². The number of benzene rings is 1. The summed E-state index contributed by atoms with van der Waals surface area (Å²) in [5.74, 6) is -0.749. The molecular formula is C13H15NO2. The van der Waals surface area contributed by atoms with Gasteiger partial charge in [-0.25, -0.2) is 0 Å². The number of rotatable bonds is 4. The highest BCUT2D eigenvalue weighted by Gasteiger charge is 2.07. The maximum atomic E-state index is 10.5. The average Bonchev–Trinajstić information content (AvgIpc) is 2.69. The summed E-state index contributed by atoms with van der Waals surface area (Å²) >= 11 is 0. The Bertz CT molecular complexity index is 514. The summed E-state index contributed by atoms with van der Waals surface area (Å²) in [6.07, 6.45) is 3.68. The van der Waals surface area contributed by atoms with Crippen molar-refractivity contribution in [3.63, 3.8) is 0 Å².